The third-order valence-corrected chi connectivity index (χ3v) is 2.92. The van der Waals surface area contributed by atoms with Gasteiger partial charge in [0.15, 0.2) is 11.6 Å². The summed E-state index contributed by atoms with van der Waals surface area (Å²) in [6.45, 7) is 5.60. The van der Waals surface area contributed by atoms with Gasteiger partial charge in [-0.15, -0.1) is 0 Å². The maximum Gasteiger partial charge on any atom is 0.410 e. The number of hydrogen-bond acceptors (Lipinski definition) is 3. The van der Waals surface area contributed by atoms with Gasteiger partial charge in [0, 0.05) is 6.04 Å². The Labute approximate surface area is 88.5 Å². The molecular weight excluding hydrogens is 196 g/mol. The Balaban J connectivity index is 1.99. The van der Waals surface area contributed by atoms with Gasteiger partial charge in [0.05, 0.1) is 19.6 Å². The molecule has 84 valence electrons. The Morgan fingerprint density at radius 2 is 2.13 bits per heavy atom. The number of carbonyl (C=O) groups excluding carboxylic acids is 1. The summed E-state index contributed by atoms with van der Waals surface area (Å²) >= 11 is 0. The highest BCUT2D eigenvalue weighted by Crippen LogP contribution is 2.32. The molecule has 2 heterocycles. The number of ether oxygens (including phenoxy) is 1. The van der Waals surface area contributed by atoms with E-state index in [0.717, 1.165) is 0 Å². The molecule has 0 saturated carbocycles. The third-order valence-electron chi connectivity index (χ3n) is 2.92. The van der Waals surface area contributed by atoms with Crippen LogP contribution in [0.15, 0.2) is 0 Å². The molecule has 2 fully saturated rings. The van der Waals surface area contributed by atoms with E-state index in [4.69, 9.17) is 15.9 Å². The summed E-state index contributed by atoms with van der Waals surface area (Å²) < 4.78 is 5.33. The van der Waals surface area contributed by atoms with Gasteiger partial charge >= 0.3 is 6.09 Å². The van der Waals surface area contributed by atoms with E-state index in [-0.39, 0.29) is 18.1 Å². The molecule has 6 nitrogen and oxygen atoms in total. The average Bonchev–Trinajstić information content (AvgIpc) is 2.40. The molecule has 3 N–H and O–H groups in total. The molecule has 2 aliphatic rings. The van der Waals surface area contributed by atoms with Gasteiger partial charge < -0.3 is 20.3 Å². The largest absolute Gasteiger partial charge is 0.437 e. The van der Waals surface area contributed by atoms with Crippen molar-refractivity contribution >= 4 is 12.1 Å². The molecule has 6 heteroatoms. The number of likely N-dealkylation sites (tertiary alicyclic amines) is 1. The number of carbonyl (C=O) groups is 1. The molecule has 0 aromatic rings. The number of amides is 1. The van der Waals surface area contributed by atoms with Crippen molar-refractivity contribution in [2.24, 2.45) is 5.73 Å². The van der Waals surface area contributed by atoms with Crippen molar-refractivity contribution in [3.8, 4) is 0 Å². The van der Waals surface area contributed by atoms with Crippen molar-refractivity contribution in [2.75, 3.05) is 19.6 Å². The maximum atomic E-state index is 11.5. The van der Waals surface area contributed by atoms with Crippen molar-refractivity contribution in [2.45, 2.75) is 25.5 Å². The van der Waals surface area contributed by atoms with E-state index < -0.39 is 5.60 Å². The molecule has 0 aliphatic carbocycles. The molecule has 2 saturated heterocycles. The minimum atomic E-state index is -0.424. The van der Waals surface area contributed by atoms with Gasteiger partial charge in [-0.25, -0.2) is 4.79 Å². The number of nitrogens with one attached hydrogen (secondary N) is 1. The molecule has 1 spiro atoms. The summed E-state index contributed by atoms with van der Waals surface area (Å²) in [6, 6.07) is 0.156. The first-order chi connectivity index (χ1) is 6.93. The van der Waals surface area contributed by atoms with Gasteiger partial charge in [-0.3, -0.25) is 5.41 Å². The zero-order valence-corrected chi connectivity index (χ0v) is 8.99. The second kappa shape index (κ2) is 3.01. The van der Waals surface area contributed by atoms with Gasteiger partial charge in [0.1, 0.15) is 0 Å². The van der Waals surface area contributed by atoms with Crippen LogP contribution >= 0.6 is 0 Å². The fraction of sp³-hybridized carbons (Fsp3) is 0.778. The van der Waals surface area contributed by atoms with Gasteiger partial charge in [-0.2, -0.15) is 0 Å². The quantitative estimate of drug-likeness (QED) is 0.465. The van der Waals surface area contributed by atoms with Crippen molar-refractivity contribution in [3.05, 3.63) is 0 Å². The van der Waals surface area contributed by atoms with E-state index in [2.05, 4.69) is 0 Å². The second-order valence-electron chi connectivity index (χ2n) is 4.51. The summed E-state index contributed by atoms with van der Waals surface area (Å²) in [5.41, 5.74) is 4.91. The first-order valence-corrected chi connectivity index (χ1v) is 5.02. The Morgan fingerprint density at radius 3 is 2.53 bits per heavy atom. The molecule has 1 amide bonds. The van der Waals surface area contributed by atoms with E-state index in [0.29, 0.717) is 19.6 Å². The minimum Gasteiger partial charge on any atom is -0.437 e. The highest BCUT2D eigenvalue weighted by Gasteiger charge is 2.54. The fourth-order valence-corrected chi connectivity index (χ4v) is 2.03. The summed E-state index contributed by atoms with van der Waals surface area (Å²) in [6.07, 6.45) is -0.256. The van der Waals surface area contributed by atoms with E-state index in [1.807, 2.05) is 13.8 Å². The summed E-state index contributed by atoms with van der Waals surface area (Å²) in [5.74, 6) is 0.0414. The second-order valence-corrected chi connectivity index (χ2v) is 4.51. The van der Waals surface area contributed by atoms with Crippen LogP contribution in [0.25, 0.3) is 0 Å². The molecule has 0 aromatic carbocycles. The Hall–Kier alpha value is -1.46. The predicted octanol–water partition coefficient (Wildman–Crippen LogP) is -0.205. The summed E-state index contributed by atoms with van der Waals surface area (Å²) in [5, 5.41) is 7.23. The van der Waals surface area contributed by atoms with Crippen molar-refractivity contribution in [1.82, 2.24) is 9.80 Å². The minimum absolute atomic E-state index is 0.0414. The van der Waals surface area contributed by atoms with Crippen LogP contribution in [-0.4, -0.2) is 53.1 Å². The van der Waals surface area contributed by atoms with Gasteiger partial charge in [0.25, 0.3) is 0 Å². The lowest BCUT2D eigenvalue weighted by Crippen LogP contribution is -2.66. The zero-order chi connectivity index (χ0) is 11.2. The van der Waals surface area contributed by atoms with Crippen molar-refractivity contribution in [3.63, 3.8) is 0 Å². The highest BCUT2D eigenvalue weighted by molar-refractivity contribution is 5.77. The van der Waals surface area contributed by atoms with Crippen LogP contribution in [0, 0.1) is 5.41 Å². The summed E-state index contributed by atoms with van der Waals surface area (Å²) in [4.78, 5) is 14.9. The lowest BCUT2D eigenvalue weighted by molar-refractivity contribution is -0.0414. The molecule has 15 heavy (non-hydrogen) atoms. The lowest BCUT2D eigenvalue weighted by Gasteiger charge is -2.45. The normalized spacial score (nSPS) is 23.3. The first kappa shape index (κ1) is 10.1. The number of rotatable bonds is 1. The van der Waals surface area contributed by atoms with Gasteiger partial charge in [0.2, 0.25) is 0 Å². The van der Waals surface area contributed by atoms with Gasteiger partial charge in [-0.1, -0.05) is 0 Å². The SMILES string of the molecule is CC(C)N1CC2(CN(C(=N)N)C2)OC1=O. The van der Waals surface area contributed by atoms with Crippen LogP contribution in [0.2, 0.25) is 0 Å². The van der Waals surface area contributed by atoms with E-state index in [1.165, 1.54) is 0 Å². The van der Waals surface area contributed by atoms with Crippen LogP contribution in [0.4, 0.5) is 4.79 Å². The molecule has 0 radical (unpaired) electrons. The van der Waals surface area contributed by atoms with Crippen LogP contribution in [0.1, 0.15) is 13.8 Å². The fourth-order valence-electron chi connectivity index (χ4n) is 2.03. The van der Waals surface area contributed by atoms with Crippen LogP contribution in [0.3, 0.4) is 0 Å². The number of nitrogens with zero attached hydrogens (tertiary/aromatic N) is 2. The molecular formula is C9H16N4O2. The van der Waals surface area contributed by atoms with Crippen LogP contribution in [-0.2, 0) is 4.74 Å². The number of nitrogens with two attached hydrogens (primary N) is 1. The molecule has 0 bridgehead atoms. The first-order valence-electron chi connectivity index (χ1n) is 5.02. The highest BCUT2D eigenvalue weighted by atomic mass is 16.6. The van der Waals surface area contributed by atoms with Crippen LogP contribution < -0.4 is 5.73 Å². The maximum absolute atomic E-state index is 11.5. The zero-order valence-electron chi connectivity index (χ0n) is 8.99. The van der Waals surface area contributed by atoms with E-state index in [9.17, 15) is 4.79 Å². The Morgan fingerprint density at radius 1 is 1.53 bits per heavy atom. The van der Waals surface area contributed by atoms with Gasteiger partial charge in [-0.05, 0) is 13.8 Å². The smallest absolute Gasteiger partial charge is 0.410 e. The Bertz CT molecular complexity index is 309. The molecule has 2 rings (SSSR count). The molecule has 0 atom stereocenters. The van der Waals surface area contributed by atoms with Crippen LogP contribution in [0.5, 0.6) is 0 Å². The monoisotopic (exact) mass is 212 g/mol. The lowest BCUT2D eigenvalue weighted by atomic mass is 9.94. The molecule has 2 aliphatic heterocycles. The average molecular weight is 212 g/mol. The number of hydrogen-bond donors (Lipinski definition) is 2. The standard InChI is InChI=1S/C9H16N4O2/c1-6(2)13-5-9(15-8(13)14)3-12(4-9)7(10)11/h6H,3-5H2,1-2H3,(H3,10,11). The predicted molar refractivity (Wildman–Crippen MR) is 54.5 cm³/mol. The summed E-state index contributed by atoms with van der Waals surface area (Å²) in [7, 11) is 0. The van der Waals surface area contributed by atoms with Crippen molar-refractivity contribution < 1.29 is 9.53 Å². The molecule has 0 aromatic heterocycles. The van der Waals surface area contributed by atoms with E-state index >= 15 is 0 Å². The molecule has 0 unspecified atom stereocenters. The van der Waals surface area contributed by atoms with E-state index in [1.54, 1.807) is 9.80 Å². The third kappa shape index (κ3) is 1.49. The topological polar surface area (TPSA) is 82.7 Å². The Kier molecular flexibility index (Phi) is 2.02. The number of guanidine groups is 1. The van der Waals surface area contributed by atoms with Crippen molar-refractivity contribution in [1.29, 1.82) is 5.41 Å².